The van der Waals surface area contributed by atoms with Gasteiger partial charge < -0.3 is 5.73 Å². The lowest BCUT2D eigenvalue weighted by molar-refractivity contribution is 0.527. The van der Waals surface area contributed by atoms with E-state index in [0.29, 0.717) is 0 Å². The van der Waals surface area contributed by atoms with Gasteiger partial charge in [0.1, 0.15) is 4.90 Å². The van der Waals surface area contributed by atoms with E-state index in [1.165, 1.54) is 18.5 Å². The monoisotopic (exact) mass is 271 g/mol. The Kier molecular flexibility index (Phi) is 5.55. The van der Waals surface area contributed by atoms with Crippen LogP contribution in [0.3, 0.4) is 0 Å². The Morgan fingerprint density at radius 2 is 2.17 bits per heavy atom. The lowest BCUT2D eigenvalue weighted by Crippen LogP contribution is -2.33. The molecule has 1 aromatic rings. The molecule has 0 spiro atoms. The van der Waals surface area contributed by atoms with E-state index in [1.807, 2.05) is 6.92 Å². The van der Waals surface area contributed by atoms with E-state index in [4.69, 9.17) is 5.73 Å². The van der Waals surface area contributed by atoms with Crippen molar-refractivity contribution in [2.75, 3.05) is 5.73 Å². The van der Waals surface area contributed by atoms with Gasteiger partial charge in [-0.05, 0) is 19.4 Å². The van der Waals surface area contributed by atoms with Crippen LogP contribution >= 0.6 is 0 Å². The lowest BCUT2D eigenvalue weighted by Gasteiger charge is -2.14. The smallest absolute Gasteiger partial charge is 0.244 e. The fourth-order valence-corrected chi connectivity index (χ4v) is 3.06. The molecule has 0 saturated carbocycles. The number of aromatic nitrogens is 1. The second-order valence-electron chi connectivity index (χ2n) is 4.43. The molecule has 1 heterocycles. The van der Waals surface area contributed by atoms with Gasteiger partial charge in [0.2, 0.25) is 10.0 Å². The molecule has 0 aromatic carbocycles. The molecule has 0 aliphatic rings. The molecule has 18 heavy (non-hydrogen) atoms. The van der Waals surface area contributed by atoms with E-state index in [9.17, 15) is 8.42 Å². The largest absolute Gasteiger partial charge is 0.398 e. The molecule has 3 N–H and O–H groups in total. The van der Waals surface area contributed by atoms with Crippen molar-refractivity contribution in [3.05, 3.63) is 18.5 Å². The molecule has 0 radical (unpaired) electrons. The zero-order valence-electron chi connectivity index (χ0n) is 10.9. The Bertz CT molecular complexity index is 474. The summed E-state index contributed by atoms with van der Waals surface area (Å²) < 4.78 is 26.8. The molecule has 0 aliphatic heterocycles. The van der Waals surface area contributed by atoms with Crippen LogP contribution in [0.15, 0.2) is 23.4 Å². The predicted octanol–water partition coefficient (Wildman–Crippen LogP) is 1.91. The molecule has 0 aliphatic carbocycles. The second-order valence-corrected chi connectivity index (χ2v) is 6.11. The van der Waals surface area contributed by atoms with Gasteiger partial charge in [0, 0.05) is 18.4 Å². The predicted molar refractivity (Wildman–Crippen MR) is 72.6 cm³/mol. The molecular formula is C12H21N3O2S. The Morgan fingerprint density at radius 1 is 1.44 bits per heavy atom. The molecule has 1 atom stereocenters. The minimum atomic E-state index is -3.56. The number of nitrogens with two attached hydrogens (primary N) is 1. The van der Waals surface area contributed by atoms with Crippen molar-refractivity contribution in [1.29, 1.82) is 0 Å². The number of nitrogen functional groups attached to an aromatic ring is 1. The number of rotatable bonds is 7. The SMILES string of the molecule is CCCCCC(C)NS(=O)(=O)c1cnccc1N. The Hall–Kier alpha value is -1.14. The van der Waals surface area contributed by atoms with Gasteiger partial charge in [-0.15, -0.1) is 0 Å². The van der Waals surface area contributed by atoms with Gasteiger partial charge in [-0.25, -0.2) is 13.1 Å². The van der Waals surface area contributed by atoms with Crippen molar-refractivity contribution in [1.82, 2.24) is 9.71 Å². The van der Waals surface area contributed by atoms with Crippen LogP contribution in [-0.2, 0) is 10.0 Å². The van der Waals surface area contributed by atoms with Gasteiger partial charge in [-0.3, -0.25) is 4.98 Å². The van der Waals surface area contributed by atoms with Crippen molar-refractivity contribution in [2.24, 2.45) is 0 Å². The van der Waals surface area contributed by atoms with Gasteiger partial charge in [-0.2, -0.15) is 0 Å². The van der Waals surface area contributed by atoms with Crippen LogP contribution in [0.25, 0.3) is 0 Å². The second kappa shape index (κ2) is 6.70. The number of nitrogens with zero attached hydrogens (tertiary/aromatic N) is 1. The fourth-order valence-electron chi connectivity index (χ4n) is 1.70. The summed E-state index contributed by atoms with van der Waals surface area (Å²) in [5.41, 5.74) is 5.87. The first-order valence-electron chi connectivity index (χ1n) is 6.19. The standard InChI is InChI=1S/C12H21N3O2S/c1-3-4-5-6-10(2)15-18(16,17)12-9-14-8-7-11(12)13/h7-10,15H,3-6H2,1-2H3,(H2,13,14). The van der Waals surface area contributed by atoms with Crippen LogP contribution in [0, 0.1) is 0 Å². The summed E-state index contributed by atoms with van der Waals surface area (Å²) in [6.45, 7) is 3.98. The summed E-state index contributed by atoms with van der Waals surface area (Å²) in [4.78, 5) is 3.84. The van der Waals surface area contributed by atoms with E-state index in [-0.39, 0.29) is 16.6 Å². The molecule has 1 rings (SSSR count). The number of sulfonamides is 1. The molecule has 0 amide bonds. The maximum absolute atomic E-state index is 12.1. The Balaban J connectivity index is 2.68. The highest BCUT2D eigenvalue weighted by Gasteiger charge is 2.19. The Morgan fingerprint density at radius 3 is 2.78 bits per heavy atom. The van der Waals surface area contributed by atoms with Crippen molar-refractivity contribution in [3.63, 3.8) is 0 Å². The highest BCUT2D eigenvalue weighted by atomic mass is 32.2. The van der Waals surface area contributed by atoms with E-state index in [1.54, 1.807) is 0 Å². The maximum atomic E-state index is 12.1. The molecule has 1 aromatic heterocycles. The third-order valence-corrected chi connectivity index (χ3v) is 4.34. The molecule has 0 saturated heterocycles. The van der Waals surface area contributed by atoms with Crippen LogP contribution in [0.2, 0.25) is 0 Å². The minimum Gasteiger partial charge on any atom is -0.398 e. The molecular weight excluding hydrogens is 250 g/mol. The zero-order valence-corrected chi connectivity index (χ0v) is 11.7. The highest BCUT2D eigenvalue weighted by molar-refractivity contribution is 7.89. The normalized spacial score (nSPS) is 13.4. The summed E-state index contributed by atoms with van der Waals surface area (Å²) in [6.07, 6.45) is 6.82. The average Bonchev–Trinajstić information content (AvgIpc) is 2.29. The van der Waals surface area contributed by atoms with Crippen LogP contribution in [0.4, 0.5) is 5.69 Å². The highest BCUT2D eigenvalue weighted by Crippen LogP contribution is 2.16. The molecule has 102 valence electrons. The minimum absolute atomic E-state index is 0.0485. The van der Waals surface area contributed by atoms with E-state index in [2.05, 4.69) is 16.6 Å². The van der Waals surface area contributed by atoms with Gasteiger partial charge in [-0.1, -0.05) is 26.2 Å². The molecule has 6 heteroatoms. The zero-order chi connectivity index (χ0) is 13.6. The van der Waals surface area contributed by atoms with E-state index >= 15 is 0 Å². The summed E-state index contributed by atoms with van der Waals surface area (Å²) in [5, 5.41) is 0. The van der Waals surface area contributed by atoms with Gasteiger partial charge >= 0.3 is 0 Å². The number of pyridine rings is 1. The van der Waals surface area contributed by atoms with Crippen LogP contribution < -0.4 is 10.5 Å². The van der Waals surface area contributed by atoms with Gasteiger partial charge in [0.05, 0.1) is 5.69 Å². The number of hydrogen-bond donors (Lipinski definition) is 2. The van der Waals surface area contributed by atoms with E-state index < -0.39 is 10.0 Å². The first kappa shape index (κ1) is 14.9. The first-order valence-corrected chi connectivity index (χ1v) is 7.67. The average molecular weight is 271 g/mol. The van der Waals surface area contributed by atoms with Crippen molar-refractivity contribution in [3.8, 4) is 0 Å². The summed E-state index contributed by atoms with van der Waals surface area (Å²) in [7, 11) is -3.56. The third-order valence-electron chi connectivity index (χ3n) is 2.70. The maximum Gasteiger partial charge on any atom is 0.244 e. The topological polar surface area (TPSA) is 85.1 Å². The summed E-state index contributed by atoms with van der Waals surface area (Å²) in [6, 6.07) is 1.39. The quantitative estimate of drug-likeness (QED) is 0.742. The van der Waals surface area contributed by atoms with Gasteiger partial charge in [0.25, 0.3) is 0 Å². The summed E-state index contributed by atoms with van der Waals surface area (Å²) in [5.74, 6) is 0. The fraction of sp³-hybridized carbons (Fsp3) is 0.583. The van der Waals surface area contributed by atoms with Crippen LogP contribution in [-0.4, -0.2) is 19.4 Å². The van der Waals surface area contributed by atoms with E-state index in [0.717, 1.165) is 25.7 Å². The number of hydrogen-bond acceptors (Lipinski definition) is 4. The van der Waals surface area contributed by atoms with Crippen molar-refractivity contribution >= 4 is 15.7 Å². The lowest BCUT2D eigenvalue weighted by atomic mass is 10.1. The number of nitrogens with one attached hydrogen (secondary N) is 1. The molecule has 0 fully saturated rings. The molecule has 1 unspecified atom stereocenters. The molecule has 5 nitrogen and oxygen atoms in total. The number of anilines is 1. The van der Waals surface area contributed by atoms with Crippen molar-refractivity contribution in [2.45, 2.75) is 50.5 Å². The van der Waals surface area contributed by atoms with Crippen molar-refractivity contribution < 1.29 is 8.42 Å². The first-order chi connectivity index (χ1) is 8.47. The van der Waals surface area contributed by atoms with Gasteiger partial charge in [0.15, 0.2) is 0 Å². The van der Waals surface area contributed by atoms with Crippen LogP contribution in [0.1, 0.15) is 39.5 Å². The third kappa shape index (κ3) is 4.27. The summed E-state index contributed by atoms with van der Waals surface area (Å²) >= 11 is 0. The Labute approximate surface area is 109 Å². The molecule has 0 bridgehead atoms. The van der Waals surface area contributed by atoms with Crippen LogP contribution in [0.5, 0.6) is 0 Å². The number of unbranched alkanes of at least 4 members (excludes halogenated alkanes) is 2.